The van der Waals surface area contributed by atoms with E-state index in [1.165, 1.54) is 12.1 Å². The van der Waals surface area contributed by atoms with Gasteiger partial charge in [-0.25, -0.2) is 8.78 Å². The molecule has 0 saturated carbocycles. The van der Waals surface area contributed by atoms with Crippen LogP contribution in [0, 0.1) is 11.6 Å². The maximum Gasteiger partial charge on any atom is 0.130 e. The van der Waals surface area contributed by atoms with Crippen molar-refractivity contribution in [1.29, 1.82) is 0 Å². The van der Waals surface area contributed by atoms with E-state index in [0.717, 1.165) is 22.6 Å². The van der Waals surface area contributed by atoms with E-state index in [4.69, 9.17) is 0 Å². The minimum absolute atomic E-state index is 0.165. The molecule has 1 nitrogen and oxygen atoms in total. The summed E-state index contributed by atoms with van der Waals surface area (Å²) in [7, 11) is 0. The lowest BCUT2D eigenvalue weighted by Crippen LogP contribution is -2.24. The van der Waals surface area contributed by atoms with Crippen LogP contribution in [0.2, 0.25) is 0 Å². The maximum atomic E-state index is 13.9. The first-order valence-corrected chi connectivity index (χ1v) is 7.32. The Hall–Kier alpha value is -1.26. The number of hydrogen-bond donors (Lipinski definition) is 1. The molecule has 106 valence electrons. The van der Waals surface area contributed by atoms with E-state index in [-0.39, 0.29) is 6.04 Å². The van der Waals surface area contributed by atoms with E-state index in [2.05, 4.69) is 21.2 Å². The molecule has 0 fully saturated rings. The lowest BCUT2D eigenvalue weighted by Gasteiger charge is -2.19. The van der Waals surface area contributed by atoms with Crippen molar-refractivity contribution in [2.24, 2.45) is 0 Å². The van der Waals surface area contributed by atoms with Crippen molar-refractivity contribution in [3.05, 3.63) is 69.7 Å². The summed E-state index contributed by atoms with van der Waals surface area (Å²) in [5.41, 5.74) is 1.60. The number of benzene rings is 2. The first-order valence-electron chi connectivity index (χ1n) is 6.53. The topological polar surface area (TPSA) is 12.0 Å². The minimum Gasteiger partial charge on any atom is -0.310 e. The van der Waals surface area contributed by atoms with Crippen LogP contribution in [-0.4, -0.2) is 6.54 Å². The smallest absolute Gasteiger partial charge is 0.130 e. The maximum absolute atomic E-state index is 13.9. The van der Waals surface area contributed by atoms with Gasteiger partial charge in [0.05, 0.1) is 0 Å². The van der Waals surface area contributed by atoms with Crippen LogP contribution in [0.25, 0.3) is 0 Å². The Balaban J connectivity index is 2.24. The summed E-state index contributed by atoms with van der Waals surface area (Å²) in [4.78, 5) is 0. The molecule has 20 heavy (non-hydrogen) atoms. The molecule has 0 saturated heterocycles. The van der Waals surface area contributed by atoms with Crippen LogP contribution in [0.1, 0.15) is 24.1 Å². The van der Waals surface area contributed by atoms with Crippen LogP contribution in [-0.2, 0) is 6.42 Å². The third kappa shape index (κ3) is 3.87. The van der Waals surface area contributed by atoms with Crippen molar-refractivity contribution in [1.82, 2.24) is 5.32 Å². The summed E-state index contributed by atoms with van der Waals surface area (Å²) in [5, 5.41) is 3.25. The second kappa shape index (κ2) is 6.95. The molecule has 0 amide bonds. The van der Waals surface area contributed by atoms with Crippen molar-refractivity contribution in [3.8, 4) is 0 Å². The molecule has 1 N–H and O–H groups in total. The van der Waals surface area contributed by atoms with E-state index in [1.54, 1.807) is 0 Å². The van der Waals surface area contributed by atoms with Gasteiger partial charge in [0, 0.05) is 22.1 Å². The second-order valence-corrected chi connectivity index (χ2v) is 5.52. The van der Waals surface area contributed by atoms with Crippen LogP contribution in [0.4, 0.5) is 8.78 Å². The van der Waals surface area contributed by atoms with Crippen molar-refractivity contribution in [2.75, 3.05) is 6.54 Å². The van der Waals surface area contributed by atoms with Crippen LogP contribution in [0.3, 0.4) is 0 Å². The fourth-order valence-corrected chi connectivity index (χ4v) is 2.44. The van der Waals surface area contributed by atoms with Crippen molar-refractivity contribution < 1.29 is 8.78 Å². The molecule has 2 aromatic rings. The lowest BCUT2D eigenvalue weighted by atomic mass is 9.98. The molecule has 0 aliphatic rings. The zero-order valence-corrected chi connectivity index (χ0v) is 12.8. The van der Waals surface area contributed by atoms with Gasteiger partial charge in [0.25, 0.3) is 0 Å². The zero-order valence-electron chi connectivity index (χ0n) is 11.2. The number of hydrogen-bond acceptors (Lipinski definition) is 1. The minimum atomic E-state index is -0.551. The van der Waals surface area contributed by atoms with Gasteiger partial charge in [-0.05, 0) is 36.7 Å². The largest absolute Gasteiger partial charge is 0.310 e. The van der Waals surface area contributed by atoms with Gasteiger partial charge in [0.15, 0.2) is 0 Å². The normalized spacial score (nSPS) is 12.4. The number of halogens is 3. The van der Waals surface area contributed by atoms with E-state index in [0.29, 0.717) is 12.0 Å². The van der Waals surface area contributed by atoms with E-state index < -0.39 is 11.6 Å². The molecule has 0 spiro atoms. The SMILES string of the molecule is CCNC(Cc1ccc(Br)cc1)c1ccc(F)cc1F. The standard InChI is InChI=1S/C16H16BrF2N/c1-2-20-16(9-11-3-5-12(17)6-4-11)14-8-7-13(18)10-15(14)19/h3-8,10,16,20H,2,9H2,1H3. The molecule has 0 aromatic heterocycles. The molecule has 1 atom stereocenters. The quantitative estimate of drug-likeness (QED) is 0.837. The van der Waals surface area contributed by atoms with Gasteiger partial charge < -0.3 is 5.32 Å². The van der Waals surface area contributed by atoms with Gasteiger partial charge in [0.1, 0.15) is 11.6 Å². The Morgan fingerprint density at radius 3 is 2.40 bits per heavy atom. The number of rotatable bonds is 5. The molecule has 0 aliphatic carbocycles. The molecule has 2 rings (SSSR count). The molecule has 1 unspecified atom stereocenters. The molecular weight excluding hydrogens is 324 g/mol. The zero-order chi connectivity index (χ0) is 14.5. The molecular formula is C16H16BrF2N. The Labute approximate surface area is 126 Å². The fraction of sp³-hybridized carbons (Fsp3) is 0.250. The molecule has 4 heteroatoms. The fourth-order valence-electron chi connectivity index (χ4n) is 2.18. The Morgan fingerprint density at radius 2 is 1.80 bits per heavy atom. The van der Waals surface area contributed by atoms with Gasteiger partial charge >= 0.3 is 0 Å². The highest BCUT2D eigenvalue weighted by atomic mass is 79.9. The highest BCUT2D eigenvalue weighted by Crippen LogP contribution is 2.23. The molecule has 0 aliphatic heterocycles. The number of likely N-dealkylation sites (N-methyl/N-ethyl adjacent to an activating group) is 1. The highest BCUT2D eigenvalue weighted by molar-refractivity contribution is 9.10. The van der Waals surface area contributed by atoms with Crippen LogP contribution in [0.5, 0.6) is 0 Å². The van der Waals surface area contributed by atoms with Crippen LogP contribution < -0.4 is 5.32 Å². The van der Waals surface area contributed by atoms with E-state index in [9.17, 15) is 8.78 Å². The molecule has 0 radical (unpaired) electrons. The van der Waals surface area contributed by atoms with Crippen molar-refractivity contribution >= 4 is 15.9 Å². The van der Waals surface area contributed by atoms with Gasteiger partial charge in [-0.15, -0.1) is 0 Å². The van der Waals surface area contributed by atoms with E-state index in [1.807, 2.05) is 31.2 Å². The summed E-state index contributed by atoms with van der Waals surface area (Å²) in [5.74, 6) is -1.06. The number of nitrogens with one attached hydrogen (secondary N) is 1. The lowest BCUT2D eigenvalue weighted by molar-refractivity contribution is 0.502. The van der Waals surface area contributed by atoms with Crippen molar-refractivity contribution in [3.63, 3.8) is 0 Å². The summed E-state index contributed by atoms with van der Waals surface area (Å²) in [6.45, 7) is 2.69. The summed E-state index contributed by atoms with van der Waals surface area (Å²) < 4.78 is 27.9. The monoisotopic (exact) mass is 339 g/mol. The van der Waals surface area contributed by atoms with Gasteiger partial charge in [-0.3, -0.25) is 0 Å². The van der Waals surface area contributed by atoms with Crippen molar-refractivity contribution in [2.45, 2.75) is 19.4 Å². The first kappa shape index (κ1) is 15.1. The van der Waals surface area contributed by atoms with Crippen LogP contribution >= 0.6 is 15.9 Å². The molecule has 0 heterocycles. The van der Waals surface area contributed by atoms with Gasteiger partial charge in [-0.2, -0.15) is 0 Å². The summed E-state index contributed by atoms with van der Waals surface area (Å²) in [6.07, 6.45) is 0.656. The van der Waals surface area contributed by atoms with Gasteiger partial charge in [-0.1, -0.05) is 41.1 Å². The Bertz CT molecular complexity index is 569. The third-order valence-corrected chi connectivity index (χ3v) is 3.67. The van der Waals surface area contributed by atoms with Crippen LogP contribution in [0.15, 0.2) is 46.9 Å². The average Bonchev–Trinajstić information content (AvgIpc) is 2.41. The Kier molecular flexibility index (Phi) is 5.26. The predicted octanol–water partition coefficient (Wildman–Crippen LogP) is 4.62. The van der Waals surface area contributed by atoms with Gasteiger partial charge in [0.2, 0.25) is 0 Å². The second-order valence-electron chi connectivity index (χ2n) is 4.61. The summed E-state index contributed by atoms with van der Waals surface area (Å²) in [6, 6.07) is 11.5. The van der Waals surface area contributed by atoms with E-state index >= 15 is 0 Å². The Morgan fingerprint density at radius 1 is 1.10 bits per heavy atom. The third-order valence-electron chi connectivity index (χ3n) is 3.14. The highest BCUT2D eigenvalue weighted by Gasteiger charge is 2.16. The first-order chi connectivity index (χ1) is 9.60. The molecule has 2 aromatic carbocycles. The summed E-state index contributed by atoms with van der Waals surface area (Å²) >= 11 is 3.39. The predicted molar refractivity (Wildman–Crippen MR) is 80.6 cm³/mol. The molecule has 0 bridgehead atoms. The average molecular weight is 340 g/mol.